The molecule has 0 aromatic heterocycles. The topological polar surface area (TPSA) is 105 Å². The van der Waals surface area contributed by atoms with Crippen molar-refractivity contribution in [3.05, 3.63) is 48.5 Å². The second-order valence-corrected chi connectivity index (χ2v) is 8.81. The number of rotatable bonds is 9. The molecular weight excluding hydrogens is 396 g/mol. The summed E-state index contributed by atoms with van der Waals surface area (Å²) < 4.78 is 38.2. The van der Waals surface area contributed by atoms with E-state index in [4.69, 9.17) is 9.47 Å². The summed E-state index contributed by atoms with van der Waals surface area (Å²) in [4.78, 5) is 12.7. The Hall–Kier alpha value is -2.78. The van der Waals surface area contributed by atoms with E-state index in [1.54, 1.807) is 44.2 Å². The number of hydrogen-bond donors (Lipinski definition) is 2. The van der Waals surface area contributed by atoms with Crippen molar-refractivity contribution in [2.45, 2.75) is 24.3 Å². The number of carbonyl (C=O) groups is 1. The van der Waals surface area contributed by atoms with E-state index < -0.39 is 28.0 Å². The lowest BCUT2D eigenvalue weighted by molar-refractivity contribution is -0.121. The minimum atomic E-state index is -4.09. The summed E-state index contributed by atoms with van der Waals surface area (Å²) in [5.41, 5.74) is -0.745. The van der Waals surface area contributed by atoms with Gasteiger partial charge in [0.05, 0.1) is 36.9 Å². The molecule has 0 fully saturated rings. The molecule has 29 heavy (non-hydrogen) atoms. The molecule has 0 heterocycles. The fourth-order valence-corrected chi connectivity index (χ4v) is 4.04. The number of hydrogen-bond acceptors (Lipinski definition) is 6. The number of methoxy groups -OCH3 is 2. The SMILES string of the molecule is COc1ccc(OC)c(N(CC(=O)NC(C)(C)CO)S(=O)(=O)c2ccccc2)c1. The van der Waals surface area contributed by atoms with Gasteiger partial charge in [-0.25, -0.2) is 8.42 Å². The molecule has 0 spiro atoms. The number of sulfonamides is 1. The van der Waals surface area contributed by atoms with Gasteiger partial charge in [0.25, 0.3) is 10.0 Å². The summed E-state index contributed by atoms with van der Waals surface area (Å²) in [5.74, 6) is 0.0955. The first kappa shape index (κ1) is 22.5. The highest BCUT2D eigenvalue weighted by Gasteiger charge is 2.31. The quantitative estimate of drug-likeness (QED) is 0.638. The Balaban J connectivity index is 2.57. The maximum Gasteiger partial charge on any atom is 0.264 e. The molecule has 158 valence electrons. The molecule has 0 bridgehead atoms. The van der Waals surface area contributed by atoms with Crippen LogP contribution < -0.4 is 19.1 Å². The van der Waals surface area contributed by atoms with E-state index in [0.29, 0.717) is 5.75 Å². The van der Waals surface area contributed by atoms with Crippen LogP contribution in [-0.2, 0) is 14.8 Å². The fourth-order valence-electron chi connectivity index (χ4n) is 2.60. The van der Waals surface area contributed by atoms with Crippen LogP contribution in [0.15, 0.2) is 53.4 Å². The predicted octanol–water partition coefficient (Wildman–Crippen LogP) is 1.79. The smallest absolute Gasteiger partial charge is 0.264 e. The molecule has 8 nitrogen and oxygen atoms in total. The van der Waals surface area contributed by atoms with Gasteiger partial charge in [-0.05, 0) is 38.1 Å². The molecular formula is C20H26N2O6S. The molecule has 0 saturated carbocycles. The molecule has 2 rings (SSSR count). The Kier molecular flexibility index (Phi) is 7.10. The van der Waals surface area contributed by atoms with E-state index in [-0.39, 0.29) is 22.9 Å². The highest BCUT2D eigenvalue weighted by Crippen LogP contribution is 2.35. The Morgan fingerprint density at radius 3 is 2.31 bits per heavy atom. The van der Waals surface area contributed by atoms with E-state index in [9.17, 15) is 18.3 Å². The largest absolute Gasteiger partial charge is 0.497 e. The number of benzene rings is 2. The van der Waals surface area contributed by atoms with Crippen LogP contribution in [0.4, 0.5) is 5.69 Å². The molecule has 0 radical (unpaired) electrons. The van der Waals surface area contributed by atoms with Gasteiger partial charge < -0.3 is 19.9 Å². The number of aliphatic hydroxyl groups excluding tert-OH is 1. The average molecular weight is 423 g/mol. The van der Waals surface area contributed by atoms with Crippen LogP contribution in [-0.4, -0.2) is 52.3 Å². The molecule has 0 unspecified atom stereocenters. The fraction of sp³-hybridized carbons (Fsp3) is 0.350. The highest BCUT2D eigenvalue weighted by molar-refractivity contribution is 7.92. The van der Waals surface area contributed by atoms with Crippen molar-refractivity contribution in [3.63, 3.8) is 0 Å². The second-order valence-electron chi connectivity index (χ2n) is 6.95. The van der Waals surface area contributed by atoms with Gasteiger partial charge in [0.1, 0.15) is 18.0 Å². The van der Waals surface area contributed by atoms with Gasteiger partial charge in [0.15, 0.2) is 0 Å². The summed E-state index contributed by atoms with van der Waals surface area (Å²) in [5, 5.41) is 12.0. The van der Waals surface area contributed by atoms with Crippen molar-refractivity contribution in [3.8, 4) is 11.5 Å². The zero-order chi connectivity index (χ0) is 21.7. The van der Waals surface area contributed by atoms with Crippen molar-refractivity contribution < 1.29 is 27.8 Å². The molecule has 9 heteroatoms. The van der Waals surface area contributed by atoms with Crippen LogP contribution >= 0.6 is 0 Å². The Labute approximate surface area is 171 Å². The third-order valence-electron chi connectivity index (χ3n) is 4.15. The number of ether oxygens (including phenoxy) is 2. The van der Waals surface area contributed by atoms with Gasteiger partial charge in [-0.3, -0.25) is 9.10 Å². The van der Waals surface area contributed by atoms with Crippen LogP contribution in [0.2, 0.25) is 0 Å². The van der Waals surface area contributed by atoms with Crippen LogP contribution in [0.3, 0.4) is 0 Å². The third-order valence-corrected chi connectivity index (χ3v) is 5.92. The van der Waals surface area contributed by atoms with Gasteiger partial charge in [-0.1, -0.05) is 18.2 Å². The predicted molar refractivity (Wildman–Crippen MR) is 110 cm³/mol. The number of nitrogens with zero attached hydrogens (tertiary/aromatic N) is 1. The Morgan fingerprint density at radius 2 is 1.76 bits per heavy atom. The van der Waals surface area contributed by atoms with Crippen LogP contribution in [0.5, 0.6) is 11.5 Å². The highest BCUT2D eigenvalue weighted by atomic mass is 32.2. The number of nitrogens with one attached hydrogen (secondary N) is 1. The van der Waals surface area contributed by atoms with Crippen molar-refractivity contribution in [1.29, 1.82) is 0 Å². The first-order valence-electron chi connectivity index (χ1n) is 8.86. The van der Waals surface area contributed by atoms with Gasteiger partial charge >= 0.3 is 0 Å². The lowest BCUT2D eigenvalue weighted by atomic mass is 10.1. The summed E-state index contributed by atoms with van der Waals surface area (Å²) in [6.07, 6.45) is 0. The minimum Gasteiger partial charge on any atom is -0.497 e. The maximum atomic E-state index is 13.4. The van der Waals surface area contributed by atoms with E-state index in [0.717, 1.165) is 4.31 Å². The van der Waals surface area contributed by atoms with Crippen molar-refractivity contribution in [2.24, 2.45) is 0 Å². The van der Waals surface area contributed by atoms with Gasteiger partial charge in [-0.15, -0.1) is 0 Å². The van der Waals surface area contributed by atoms with Crippen molar-refractivity contribution >= 4 is 21.6 Å². The van der Waals surface area contributed by atoms with Crippen molar-refractivity contribution in [1.82, 2.24) is 5.32 Å². The van der Waals surface area contributed by atoms with E-state index in [1.165, 1.54) is 32.4 Å². The van der Waals surface area contributed by atoms with E-state index in [1.807, 2.05) is 0 Å². The molecule has 0 atom stereocenters. The normalized spacial score (nSPS) is 11.6. The lowest BCUT2D eigenvalue weighted by Crippen LogP contribution is -2.50. The first-order valence-corrected chi connectivity index (χ1v) is 10.3. The van der Waals surface area contributed by atoms with E-state index >= 15 is 0 Å². The summed E-state index contributed by atoms with van der Waals surface area (Å²) in [6, 6.07) is 12.5. The zero-order valence-electron chi connectivity index (χ0n) is 16.9. The molecule has 2 N–H and O–H groups in total. The molecule has 2 aromatic rings. The zero-order valence-corrected chi connectivity index (χ0v) is 17.7. The Morgan fingerprint density at radius 1 is 1.10 bits per heavy atom. The third kappa shape index (κ3) is 5.39. The van der Waals surface area contributed by atoms with Gasteiger partial charge in [0, 0.05) is 6.07 Å². The van der Waals surface area contributed by atoms with Crippen LogP contribution in [0, 0.1) is 0 Å². The molecule has 0 saturated heterocycles. The first-order chi connectivity index (χ1) is 13.6. The van der Waals surface area contributed by atoms with Crippen molar-refractivity contribution in [2.75, 3.05) is 31.7 Å². The Bertz CT molecular complexity index is 945. The molecule has 0 aliphatic rings. The molecule has 0 aliphatic carbocycles. The summed E-state index contributed by atoms with van der Waals surface area (Å²) in [7, 11) is -1.23. The number of carbonyl (C=O) groups excluding carboxylic acids is 1. The molecule has 0 aliphatic heterocycles. The van der Waals surface area contributed by atoms with Crippen LogP contribution in [0.25, 0.3) is 0 Å². The van der Waals surface area contributed by atoms with Crippen LogP contribution in [0.1, 0.15) is 13.8 Å². The van der Waals surface area contributed by atoms with E-state index in [2.05, 4.69) is 5.32 Å². The standard InChI is InChI=1S/C20H26N2O6S/c1-20(2,14-23)21-19(24)13-22(29(25,26)16-8-6-5-7-9-16)17-12-15(27-3)10-11-18(17)28-4/h5-12,23H,13-14H2,1-4H3,(H,21,24). The lowest BCUT2D eigenvalue weighted by Gasteiger charge is -2.29. The summed E-state index contributed by atoms with van der Waals surface area (Å²) in [6.45, 7) is 2.46. The number of aliphatic hydroxyl groups is 1. The number of anilines is 1. The van der Waals surface area contributed by atoms with Gasteiger partial charge in [-0.2, -0.15) is 0 Å². The molecule has 1 amide bonds. The monoisotopic (exact) mass is 422 g/mol. The maximum absolute atomic E-state index is 13.4. The molecule has 2 aromatic carbocycles. The van der Waals surface area contributed by atoms with Gasteiger partial charge in [0.2, 0.25) is 5.91 Å². The second kappa shape index (κ2) is 9.15. The average Bonchev–Trinajstić information content (AvgIpc) is 2.71. The summed E-state index contributed by atoms with van der Waals surface area (Å²) >= 11 is 0. The minimum absolute atomic E-state index is 0.0269. The number of amides is 1.